The standard InChI is InChI=1S/C32H24N6O2/c1-18-8-12-21(13-9-18)24-16-27(25-17-33-26-7-5-4-6-23(25)26)34-29-28(24)31(40)37-30(20(3)39)36-38(32(37)35-29)22-14-10-19(2)11-15-22/h4-17,33H,1-3H3. The molecule has 0 fully saturated rings. The fourth-order valence-electron chi connectivity index (χ4n) is 5.16. The third kappa shape index (κ3) is 3.65. The second-order valence-electron chi connectivity index (χ2n) is 10.0. The van der Waals surface area contributed by atoms with Crippen LogP contribution in [0, 0.1) is 13.8 Å². The van der Waals surface area contributed by atoms with Crippen molar-refractivity contribution in [1.82, 2.24) is 29.1 Å². The normalized spacial score (nSPS) is 11.6. The first-order valence-electron chi connectivity index (χ1n) is 13.0. The second kappa shape index (κ2) is 8.84. The molecule has 0 saturated carbocycles. The SMILES string of the molecule is CC(=O)c1nn(-c2ccc(C)cc2)c2nc3nc(-c4c[nH]c5ccccc45)cc(-c4ccc(C)cc4)c3c(=O)n12. The van der Waals surface area contributed by atoms with Crippen LogP contribution in [0.25, 0.3) is 55.8 Å². The number of para-hydroxylation sites is 1. The van der Waals surface area contributed by atoms with Gasteiger partial charge >= 0.3 is 0 Å². The fourth-order valence-corrected chi connectivity index (χ4v) is 5.16. The summed E-state index contributed by atoms with van der Waals surface area (Å²) in [6.07, 6.45) is 1.92. The van der Waals surface area contributed by atoms with E-state index >= 15 is 0 Å². The molecule has 0 aliphatic rings. The molecule has 0 aliphatic carbocycles. The molecule has 4 aromatic heterocycles. The van der Waals surface area contributed by atoms with Crippen molar-refractivity contribution in [2.24, 2.45) is 0 Å². The maximum atomic E-state index is 14.3. The topological polar surface area (TPSA) is 97.9 Å². The van der Waals surface area contributed by atoms with Gasteiger partial charge in [0, 0.05) is 35.2 Å². The summed E-state index contributed by atoms with van der Waals surface area (Å²) in [5.41, 5.74) is 6.89. The maximum Gasteiger partial charge on any atom is 0.271 e. The average molecular weight is 525 g/mol. The van der Waals surface area contributed by atoms with E-state index in [4.69, 9.17) is 9.97 Å². The molecule has 0 aliphatic heterocycles. The molecule has 7 aromatic rings. The highest BCUT2D eigenvalue weighted by molar-refractivity contribution is 6.00. The van der Waals surface area contributed by atoms with Crippen molar-refractivity contribution in [3.05, 3.63) is 112 Å². The minimum Gasteiger partial charge on any atom is -0.360 e. The Balaban J connectivity index is 1.61. The number of fused-ring (bicyclic) bond motifs is 3. The molecule has 194 valence electrons. The summed E-state index contributed by atoms with van der Waals surface area (Å²) in [7, 11) is 0. The number of aromatic amines is 1. The number of aryl methyl sites for hydroxylation is 2. The number of benzene rings is 3. The Bertz CT molecular complexity index is 2170. The monoisotopic (exact) mass is 524 g/mol. The van der Waals surface area contributed by atoms with Crippen LogP contribution in [0.4, 0.5) is 0 Å². The predicted molar refractivity (Wildman–Crippen MR) is 156 cm³/mol. The minimum atomic E-state index is -0.392. The molecule has 3 aromatic carbocycles. The highest BCUT2D eigenvalue weighted by atomic mass is 16.1. The van der Waals surface area contributed by atoms with Crippen molar-refractivity contribution in [3.63, 3.8) is 0 Å². The Kier molecular flexibility index (Phi) is 5.25. The first kappa shape index (κ1) is 23.7. The van der Waals surface area contributed by atoms with Crippen LogP contribution in [0.5, 0.6) is 0 Å². The van der Waals surface area contributed by atoms with Crippen LogP contribution in [0.2, 0.25) is 0 Å². The molecule has 1 N–H and O–H groups in total. The number of carbonyl (C=O) groups excluding carboxylic acids is 1. The van der Waals surface area contributed by atoms with Gasteiger partial charge in [0.2, 0.25) is 11.6 Å². The summed E-state index contributed by atoms with van der Waals surface area (Å²) >= 11 is 0. The Hall–Kier alpha value is -5.37. The van der Waals surface area contributed by atoms with Crippen LogP contribution < -0.4 is 5.56 Å². The Labute approximate surface area is 228 Å². The first-order chi connectivity index (χ1) is 19.4. The van der Waals surface area contributed by atoms with E-state index in [0.717, 1.165) is 33.2 Å². The van der Waals surface area contributed by atoms with Crippen LogP contribution >= 0.6 is 0 Å². The first-order valence-corrected chi connectivity index (χ1v) is 13.0. The van der Waals surface area contributed by atoms with Gasteiger partial charge in [-0.25, -0.2) is 9.38 Å². The number of Topliss-reactive ketones (excluding diaryl/α,β-unsaturated/α-hetero) is 1. The zero-order chi connectivity index (χ0) is 27.5. The summed E-state index contributed by atoms with van der Waals surface area (Å²) in [5, 5.41) is 5.88. The third-order valence-electron chi connectivity index (χ3n) is 7.24. The Morgan fingerprint density at radius 1 is 0.850 bits per heavy atom. The van der Waals surface area contributed by atoms with E-state index in [1.165, 1.54) is 16.0 Å². The van der Waals surface area contributed by atoms with Gasteiger partial charge < -0.3 is 4.98 Å². The molecule has 4 heterocycles. The number of hydrogen-bond acceptors (Lipinski definition) is 5. The quantitative estimate of drug-likeness (QED) is 0.282. The van der Waals surface area contributed by atoms with E-state index in [1.54, 1.807) is 0 Å². The summed E-state index contributed by atoms with van der Waals surface area (Å²) in [4.78, 5) is 40.1. The molecule has 7 rings (SSSR count). The Morgan fingerprint density at radius 3 is 2.27 bits per heavy atom. The van der Waals surface area contributed by atoms with Crippen LogP contribution in [0.15, 0.2) is 89.9 Å². The lowest BCUT2D eigenvalue weighted by molar-refractivity contribution is 0.100. The summed E-state index contributed by atoms with van der Waals surface area (Å²) in [5.74, 6) is -0.0881. The van der Waals surface area contributed by atoms with Crippen molar-refractivity contribution in [2.75, 3.05) is 0 Å². The van der Waals surface area contributed by atoms with E-state index in [-0.39, 0.29) is 23.0 Å². The molecule has 0 spiro atoms. The molecule has 0 unspecified atom stereocenters. The summed E-state index contributed by atoms with van der Waals surface area (Å²) < 4.78 is 2.83. The molecular weight excluding hydrogens is 500 g/mol. The number of nitrogens with zero attached hydrogens (tertiary/aromatic N) is 5. The lowest BCUT2D eigenvalue weighted by atomic mass is 9.99. The number of aromatic nitrogens is 6. The van der Waals surface area contributed by atoms with Gasteiger partial charge in [0.1, 0.15) is 0 Å². The number of H-pyrrole nitrogens is 1. The van der Waals surface area contributed by atoms with Crippen LogP contribution in [0.3, 0.4) is 0 Å². The number of ketones is 1. The van der Waals surface area contributed by atoms with Gasteiger partial charge in [0.05, 0.1) is 16.8 Å². The third-order valence-corrected chi connectivity index (χ3v) is 7.24. The summed E-state index contributed by atoms with van der Waals surface area (Å²) in [6.45, 7) is 5.41. The highest BCUT2D eigenvalue weighted by Gasteiger charge is 2.23. The zero-order valence-corrected chi connectivity index (χ0v) is 22.1. The maximum absolute atomic E-state index is 14.3. The molecule has 0 amide bonds. The number of nitrogens with one attached hydrogen (secondary N) is 1. The van der Waals surface area contributed by atoms with Gasteiger partial charge in [-0.05, 0) is 43.7 Å². The number of hydrogen-bond donors (Lipinski definition) is 1. The van der Waals surface area contributed by atoms with Crippen molar-refractivity contribution in [2.45, 2.75) is 20.8 Å². The van der Waals surface area contributed by atoms with Crippen molar-refractivity contribution in [1.29, 1.82) is 0 Å². The summed E-state index contributed by atoms with van der Waals surface area (Å²) in [6, 6.07) is 25.6. The van der Waals surface area contributed by atoms with E-state index in [2.05, 4.69) is 10.1 Å². The lowest BCUT2D eigenvalue weighted by Crippen LogP contribution is -2.20. The predicted octanol–water partition coefficient (Wildman–Crippen LogP) is 6.06. The van der Waals surface area contributed by atoms with Crippen molar-refractivity contribution >= 4 is 33.5 Å². The Morgan fingerprint density at radius 2 is 1.55 bits per heavy atom. The molecule has 0 saturated heterocycles. The van der Waals surface area contributed by atoms with E-state index in [9.17, 15) is 9.59 Å². The van der Waals surface area contributed by atoms with Gasteiger partial charge in [-0.2, -0.15) is 9.67 Å². The largest absolute Gasteiger partial charge is 0.360 e. The zero-order valence-electron chi connectivity index (χ0n) is 22.1. The number of carbonyl (C=O) groups is 1. The molecule has 0 radical (unpaired) electrons. The second-order valence-corrected chi connectivity index (χ2v) is 10.0. The smallest absolute Gasteiger partial charge is 0.271 e. The molecular formula is C32H24N6O2. The minimum absolute atomic E-state index is 0.0190. The van der Waals surface area contributed by atoms with Crippen molar-refractivity contribution < 1.29 is 4.79 Å². The molecule has 0 atom stereocenters. The van der Waals surface area contributed by atoms with E-state index in [1.807, 2.05) is 98.9 Å². The lowest BCUT2D eigenvalue weighted by Gasteiger charge is -2.11. The van der Waals surface area contributed by atoms with Gasteiger partial charge in [-0.1, -0.05) is 65.7 Å². The molecule has 8 heteroatoms. The van der Waals surface area contributed by atoms with Gasteiger partial charge in [-0.3, -0.25) is 9.59 Å². The van der Waals surface area contributed by atoms with Crippen LogP contribution in [-0.2, 0) is 0 Å². The van der Waals surface area contributed by atoms with Crippen LogP contribution in [0.1, 0.15) is 28.7 Å². The number of rotatable bonds is 4. The van der Waals surface area contributed by atoms with Crippen LogP contribution in [-0.4, -0.2) is 34.9 Å². The van der Waals surface area contributed by atoms with E-state index in [0.29, 0.717) is 22.3 Å². The van der Waals surface area contributed by atoms with Gasteiger partial charge in [0.25, 0.3) is 5.56 Å². The van der Waals surface area contributed by atoms with E-state index < -0.39 is 5.56 Å². The molecule has 0 bridgehead atoms. The number of pyridine rings is 1. The highest BCUT2D eigenvalue weighted by Crippen LogP contribution is 2.34. The van der Waals surface area contributed by atoms with Crippen molar-refractivity contribution in [3.8, 4) is 28.1 Å². The molecule has 8 nitrogen and oxygen atoms in total. The van der Waals surface area contributed by atoms with Gasteiger partial charge in [-0.15, -0.1) is 5.10 Å². The average Bonchev–Trinajstić information content (AvgIpc) is 3.56. The van der Waals surface area contributed by atoms with Gasteiger partial charge in [0.15, 0.2) is 11.4 Å². The molecule has 40 heavy (non-hydrogen) atoms. The fraction of sp³-hybridized carbons (Fsp3) is 0.0938.